The van der Waals surface area contributed by atoms with Gasteiger partial charge in [-0.15, -0.1) is 0 Å². The number of fused-ring (bicyclic) bond motifs is 3. The smallest absolute Gasteiger partial charge is 0.319 e. The number of benzene rings is 2. The number of likely N-dealkylation sites (N-methyl/N-ethyl adjacent to an activating group) is 1. The molecule has 7 rings (SSSR count). The second-order valence-corrected chi connectivity index (χ2v) is 11.5. The number of amides is 1. The number of carbonyl (C=O) groups is 1. The van der Waals surface area contributed by atoms with Crippen LogP contribution in [0, 0.1) is 5.82 Å². The van der Waals surface area contributed by atoms with Crippen LogP contribution in [0.15, 0.2) is 55.4 Å². The Bertz CT molecular complexity index is 1690. The average Bonchev–Trinajstić information content (AvgIpc) is 3.53. The summed E-state index contributed by atoms with van der Waals surface area (Å²) in [6.07, 6.45) is 7.68. The van der Waals surface area contributed by atoms with Crippen LogP contribution in [0.1, 0.15) is 19.3 Å². The highest BCUT2D eigenvalue weighted by molar-refractivity contribution is 6.36. The zero-order chi connectivity index (χ0) is 28.2. The van der Waals surface area contributed by atoms with E-state index < -0.39 is 5.82 Å². The summed E-state index contributed by atoms with van der Waals surface area (Å²) in [7, 11) is 2.08. The minimum Gasteiger partial charge on any atom is -0.462 e. The van der Waals surface area contributed by atoms with Crippen molar-refractivity contribution in [3.05, 3.63) is 66.2 Å². The number of pyridine rings is 1. The molecule has 4 aromatic rings. The van der Waals surface area contributed by atoms with Crippen LogP contribution in [0.4, 0.5) is 10.2 Å². The van der Waals surface area contributed by atoms with Gasteiger partial charge in [0.05, 0.1) is 12.1 Å². The van der Waals surface area contributed by atoms with Crippen molar-refractivity contribution in [3.8, 4) is 17.1 Å². The third-order valence-electron chi connectivity index (χ3n) is 8.89. The molecule has 0 aliphatic carbocycles. The van der Waals surface area contributed by atoms with Crippen molar-refractivity contribution in [1.29, 1.82) is 0 Å². The number of ether oxygens (including phenoxy) is 1. The molecule has 2 aromatic carbocycles. The molecule has 0 N–H and O–H groups in total. The zero-order valence-corrected chi connectivity index (χ0v) is 23.5. The topological polar surface area (TPSA) is 74.7 Å². The quantitative estimate of drug-likeness (QED) is 0.298. The number of anilines is 1. The Morgan fingerprint density at radius 1 is 1.15 bits per heavy atom. The summed E-state index contributed by atoms with van der Waals surface area (Å²) in [5.41, 5.74) is 1.15. The molecule has 3 fully saturated rings. The van der Waals surface area contributed by atoms with E-state index in [4.69, 9.17) is 21.3 Å². The summed E-state index contributed by atoms with van der Waals surface area (Å²) in [5, 5.41) is 2.69. The molecule has 1 amide bonds. The molecule has 41 heavy (non-hydrogen) atoms. The monoisotopic (exact) mass is 572 g/mol. The van der Waals surface area contributed by atoms with E-state index >= 15 is 4.39 Å². The van der Waals surface area contributed by atoms with Crippen LogP contribution in [0.2, 0.25) is 5.02 Å². The summed E-state index contributed by atoms with van der Waals surface area (Å²) in [6.45, 7) is 6.36. The molecule has 10 heteroatoms. The lowest BCUT2D eigenvalue weighted by molar-refractivity contribution is -0.127. The van der Waals surface area contributed by atoms with E-state index in [0.717, 1.165) is 36.6 Å². The van der Waals surface area contributed by atoms with Gasteiger partial charge in [-0.2, -0.15) is 9.97 Å². The second kappa shape index (κ2) is 10.2. The predicted octanol–water partition coefficient (Wildman–Crippen LogP) is 5.09. The van der Waals surface area contributed by atoms with E-state index in [0.29, 0.717) is 47.1 Å². The number of rotatable bonds is 6. The number of nitrogens with zero attached hydrogens (tertiary/aromatic N) is 6. The van der Waals surface area contributed by atoms with Gasteiger partial charge in [0.2, 0.25) is 5.91 Å². The highest BCUT2D eigenvalue weighted by Gasteiger charge is 2.49. The maximum absolute atomic E-state index is 16.5. The van der Waals surface area contributed by atoms with E-state index in [2.05, 4.69) is 33.4 Å². The lowest BCUT2D eigenvalue weighted by atomic mass is 9.95. The van der Waals surface area contributed by atoms with Crippen LogP contribution in [0.3, 0.4) is 0 Å². The molecule has 3 aliphatic heterocycles. The molecule has 3 aliphatic rings. The fourth-order valence-corrected chi connectivity index (χ4v) is 6.91. The van der Waals surface area contributed by atoms with Crippen molar-refractivity contribution in [2.75, 3.05) is 38.2 Å². The molecule has 0 spiro atoms. The van der Waals surface area contributed by atoms with E-state index in [1.54, 1.807) is 24.5 Å². The Morgan fingerprint density at radius 2 is 2.02 bits per heavy atom. The van der Waals surface area contributed by atoms with Gasteiger partial charge in [0.25, 0.3) is 0 Å². The van der Waals surface area contributed by atoms with Gasteiger partial charge in [-0.3, -0.25) is 9.78 Å². The molecule has 0 radical (unpaired) electrons. The molecular weight excluding hydrogens is 543 g/mol. The van der Waals surface area contributed by atoms with Gasteiger partial charge in [0.1, 0.15) is 17.9 Å². The third-order valence-corrected chi connectivity index (χ3v) is 9.20. The normalized spacial score (nSPS) is 22.3. The maximum Gasteiger partial charge on any atom is 0.319 e. The van der Waals surface area contributed by atoms with E-state index in [-0.39, 0.29) is 35.6 Å². The van der Waals surface area contributed by atoms with Crippen molar-refractivity contribution in [1.82, 2.24) is 24.8 Å². The van der Waals surface area contributed by atoms with Crippen molar-refractivity contribution in [2.24, 2.45) is 0 Å². The molecule has 0 unspecified atom stereocenters. The fourth-order valence-electron chi connectivity index (χ4n) is 6.63. The van der Waals surface area contributed by atoms with Crippen LogP contribution in [-0.2, 0) is 4.79 Å². The van der Waals surface area contributed by atoms with Crippen LogP contribution < -0.4 is 9.64 Å². The first-order chi connectivity index (χ1) is 19.9. The SMILES string of the molecule is C=CC(=O)N1CC[C@@H]2[C@H]1CN2c1nc(OC[C@@H]2CCCN2C)nc2c(F)c(-c3cncc4cccc(Cl)c34)ccc12. The van der Waals surface area contributed by atoms with Crippen LogP contribution in [-0.4, -0.2) is 82.1 Å². The second-order valence-electron chi connectivity index (χ2n) is 11.1. The van der Waals surface area contributed by atoms with Gasteiger partial charge in [-0.1, -0.05) is 36.4 Å². The van der Waals surface area contributed by atoms with Crippen molar-refractivity contribution >= 4 is 45.0 Å². The van der Waals surface area contributed by atoms with Gasteiger partial charge in [0.15, 0.2) is 5.82 Å². The molecule has 2 aromatic heterocycles. The van der Waals surface area contributed by atoms with Gasteiger partial charge >= 0.3 is 6.01 Å². The van der Waals surface area contributed by atoms with E-state index in [9.17, 15) is 4.79 Å². The van der Waals surface area contributed by atoms with E-state index in [1.165, 1.54) is 6.08 Å². The highest BCUT2D eigenvalue weighted by Crippen LogP contribution is 2.42. The number of likely N-dealkylation sites (tertiary alicyclic amines) is 2. The van der Waals surface area contributed by atoms with Gasteiger partial charge in [0, 0.05) is 63.8 Å². The van der Waals surface area contributed by atoms with Crippen LogP contribution in [0.25, 0.3) is 32.8 Å². The Morgan fingerprint density at radius 3 is 2.83 bits per heavy atom. The minimum absolute atomic E-state index is 0.0626. The van der Waals surface area contributed by atoms with Crippen molar-refractivity contribution < 1.29 is 13.9 Å². The average molecular weight is 573 g/mol. The Kier molecular flexibility index (Phi) is 6.51. The number of hydrogen-bond donors (Lipinski definition) is 0. The first-order valence-electron chi connectivity index (χ1n) is 14.0. The number of carbonyl (C=O) groups excluding carboxylic acids is 1. The molecule has 8 nitrogen and oxygen atoms in total. The number of hydrogen-bond acceptors (Lipinski definition) is 7. The lowest BCUT2D eigenvalue weighted by Gasteiger charge is -2.47. The highest BCUT2D eigenvalue weighted by atomic mass is 35.5. The molecule has 3 atom stereocenters. The van der Waals surface area contributed by atoms with Crippen molar-refractivity contribution in [2.45, 2.75) is 37.4 Å². The van der Waals surface area contributed by atoms with Gasteiger partial charge in [-0.25, -0.2) is 4.39 Å². The first-order valence-corrected chi connectivity index (χ1v) is 14.4. The van der Waals surface area contributed by atoms with Gasteiger partial charge in [-0.05, 0) is 51.1 Å². The lowest BCUT2D eigenvalue weighted by Crippen LogP contribution is -2.63. The maximum atomic E-state index is 16.5. The standard InChI is InChI=1S/C31H30ClFN6O2/c1-3-26(40)38-13-11-24-25(38)16-39(24)30-21-10-9-20(22-15-34-14-18-6-4-8-23(32)27(18)22)28(33)29(21)35-31(36-30)41-17-19-7-5-12-37(19)2/h3-4,6,8-10,14-15,19,24-25H,1,5,7,11-13,16-17H2,2H3/t19-,24+,25+/m0/s1. The molecule has 210 valence electrons. The summed E-state index contributed by atoms with van der Waals surface area (Å²) < 4.78 is 22.7. The third kappa shape index (κ3) is 4.30. The summed E-state index contributed by atoms with van der Waals surface area (Å²) in [5.74, 6) is 0.0843. The molecular formula is C31H30ClFN6O2. The Hall–Kier alpha value is -3.82. The van der Waals surface area contributed by atoms with E-state index in [1.807, 2.05) is 23.1 Å². The Balaban J connectivity index is 1.32. The van der Waals surface area contributed by atoms with Crippen LogP contribution in [0.5, 0.6) is 6.01 Å². The summed E-state index contributed by atoms with van der Waals surface area (Å²) in [6, 6.07) is 9.75. The largest absolute Gasteiger partial charge is 0.462 e. The first kappa shape index (κ1) is 26.1. The predicted molar refractivity (Wildman–Crippen MR) is 158 cm³/mol. The summed E-state index contributed by atoms with van der Waals surface area (Å²) in [4.78, 5) is 32.4. The molecule has 0 bridgehead atoms. The summed E-state index contributed by atoms with van der Waals surface area (Å²) >= 11 is 6.57. The molecule has 0 saturated carbocycles. The Labute approximate surface area is 242 Å². The van der Waals surface area contributed by atoms with Crippen molar-refractivity contribution in [3.63, 3.8) is 0 Å². The number of halogens is 2. The molecule has 5 heterocycles. The molecule has 3 saturated heterocycles. The fraction of sp³-hybridized carbons (Fsp3) is 0.355. The number of aromatic nitrogens is 3. The zero-order valence-electron chi connectivity index (χ0n) is 22.8. The van der Waals surface area contributed by atoms with Gasteiger partial charge < -0.3 is 19.4 Å². The van der Waals surface area contributed by atoms with Crippen LogP contribution >= 0.6 is 11.6 Å². The minimum atomic E-state index is -0.477.